The van der Waals surface area contributed by atoms with Gasteiger partial charge in [-0.2, -0.15) is 0 Å². The fraction of sp³-hybridized carbons (Fsp3) is 0.750. The van der Waals surface area contributed by atoms with Crippen LogP contribution in [0.2, 0.25) is 0 Å². The third-order valence-electron chi connectivity index (χ3n) is 9.13. The molecule has 0 saturated heterocycles. The van der Waals surface area contributed by atoms with Gasteiger partial charge in [0.15, 0.2) is 12.5 Å². The molecule has 4 nitrogen and oxygen atoms in total. The molecule has 0 heterocycles. The smallest absolute Gasteiger partial charge is 0.303 e. The number of aliphatic carboxylic acids is 1. The van der Waals surface area contributed by atoms with Gasteiger partial charge in [-0.05, 0) is 80.0 Å². The minimum absolute atomic E-state index is 0.0745. The summed E-state index contributed by atoms with van der Waals surface area (Å²) in [7, 11) is 0. The van der Waals surface area contributed by atoms with Gasteiger partial charge in [0, 0.05) is 12.0 Å². The zero-order valence-electron chi connectivity index (χ0n) is 17.7. The van der Waals surface area contributed by atoms with Gasteiger partial charge in [0.05, 0.1) is 6.10 Å². The minimum Gasteiger partial charge on any atom is -0.481 e. The highest BCUT2D eigenvalue weighted by molar-refractivity contribution is 5.99. The van der Waals surface area contributed by atoms with E-state index >= 15 is 0 Å². The van der Waals surface area contributed by atoms with Crippen molar-refractivity contribution in [2.75, 3.05) is 6.67 Å². The van der Waals surface area contributed by atoms with Crippen LogP contribution in [0.25, 0.3) is 0 Å². The molecule has 160 valence electrons. The molecule has 0 amide bonds. The van der Waals surface area contributed by atoms with E-state index in [-0.39, 0.29) is 29.0 Å². The number of ketones is 1. The molecule has 0 bridgehead atoms. The number of alkyl halides is 1. The van der Waals surface area contributed by atoms with Gasteiger partial charge in [-0.25, -0.2) is 4.39 Å². The number of fused-ring (bicyclic) bond motifs is 5. The second kappa shape index (κ2) is 7.04. The lowest BCUT2D eigenvalue weighted by atomic mass is 9.44. The van der Waals surface area contributed by atoms with Crippen LogP contribution in [-0.2, 0) is 9.59 Å². The van der Waals surface area contributed by atoms with Crippen molar-refractivity contribution in [1.82, 2.24) is 0 Å². The molecule has 0 aromatic carbocycles. The molecule has 5 heteroatoms. The first-order valence-corrected chi connectivity index (χ1v) is 11.0. The fourth-order valence-corrected chi connectivity index (χ4v) is 7.93. The van der Waals surface area contributed by atoms with Crippen LogP contribution in [0.4, 0.5) is 4.39 Å². The van der Waals surface area contributed by atoms with E-state index in [2.05, 4.69) is 19.9 Å². The Hall–Kier alpha value is -1.49. The van der Waals surface area contributed by atoms with Crippen molar-refractivity contribution in [3.8, 4) is 0 Å². The number of aliphatic hydroxyl groups is 1. The van der Waals surface area contributed by atoms with Crippen molar-refractivity contribution in [2.45, 2.75) is 71.8 Å². The molecular weight excluding hydrogens is 371 g/mol. The lowest BCUT2D eigenvalue weighted by Gasteiger charge is -2.60. The molecule has 7 atom stereocenters. The second-order valence-corrected chi connectivity index (χ2v) is 10.4. The molecular formula is C24H33FO4. The van der Waals surface area contributed by atoms with Crippen molar-refractivity contribution < 1.29 is 24.2 Å². The van der Waals surface area contributed by atoms with Gasteiger partial charge in [-0.15, -0.1) is 0 Å². The van der Waals surface area contributed by atoms with Crippen molar-refractivity contribution in [3.63, 3.8) is 0 Å². The van der Waals surface area contributed by atoms with Gasteiger partial charge in [-0.1, -0.05) is 31.1 Å². The van der Waals surface area contributed by atoms with E-state index in [0.717, 1.165) is 36.8 Å². The molecule has 0 aliphatic heterocycles. The maximum absolute atomic E-state index is 13.3. The molecule has 2 fully saturated rings. The molecule has 4 aliphatic carbocycles. The maximum atomic E-state index is 13.3. The third-order valence-corrected chi connectivity index (χ3v) is 9.13. The van der Waals surface area contributed by atoms with Crippen molar-refractivity contribution in [2.24, 2.45) is 34.5 Å². The zero-order chi connectivity index (χ0) is 21.1. The van der Waals surface area contributed by atoms with E-state index < -0.39 is 18.7 Å². The maximum Gasteiger partial charge on any atom is 0.303 e. The van der Waals surface area contributed by atoms with Crippen LogP contribution in [0.15, 0.2) is 22.8 Å². The highest BCUT2D eigenvalue weighted by Crippen LogP contribution is 2.67. The quantitative estimate of drug-likeness (QED) is 0.678. The van der Waals surface area contributed by atoms with Crippen LogP contribution in [-0.4, -0.2) is 34.7 Å². The first-order valence-electron chi connectivity index (χ1n) is 11.0. The summed E-state index contributed by atoms with van der Waals surface area (Å²) in [6.07, 6.45) is 6.57. The van der Waals surface area contributed by atoms with Gasteiger partial charge in [0.1, 0.15) is 0 Å². The molecule has 0 aromatic rings. The summed E-state index contributed by atoms with van der Waals surface area (Å²) in [6.45, 7) is 5.43. The first-order chi connectivity index (χ1) is 13.6. The molecule has 2 unspecified atom stereocenters. The molecule has 2 saturated carbocycles. The summed E-state index contributed by atoms with van der Waals surface area (Å²) < 4.78 is 13.3. The average Bonchev–Trinajstić information content (AvgIpc) is 2.92. The number of rotatable bonds is 4. The average molecular weight is 405 g/mol. The van der Waals surface area contributed by atoms with Crippen LogP contribution in [0.5, 0.6) is 0 Å². The predicted octanol–water partition coefficient (Wildman–Crippen LogP) is 4.48. The zero-order valence-corrected chi connectivity index (χ0v) is 17.7. The normalized spacial score (nSPS) is 43.9. The number of Topliss-reactive ketones (excluding diaryl/α,β-unsaturated/α-hetero) is 1. The molecule has 0 spiro atoms. The number of carbonyl (C=O) groups excluding carboxylic acids is 1. The Morgan fingerprint density at radius 1 is 1.24 bits per heavy atom. The molecule has 4 aliphatic rings. The number of carboxylic acid groups (broad SMARTS) is 1. The summed E-state index contributed by atoms with van der Waals surface area (Å²) in [4.78, 5) is 24.0. The van der Waals surface area contributed by atoms with E-state index in [9.17, 15) is 24.2 Å². The summed E-state index contributed by atoms with van der Waals surface area (Å²) in [5.41, 5.74) is 2.51. The molecule has 4 rings (SSSR count). The first kappa shape index (κ1) is 20.8. The van der Waals surface area contributed by atoms with Crippen LogP contribution in [0.3, 0.4) is 0 Å². The van der Waals surface area contributed by atoms with Crippen molar-refractivity contribution in [3.05, 3.63) is 22.8 Å². The number of carbonyl (C=O) groups is 2. The van der Waals surface area contributed by atoms with E-state index in [0.29, 0.717) is 30.6 Å². The summed E-state index contributed by atoms with van der Waals surface area (Å²) in [5, 5.41) is 19.9. The van der Waals surface area contributed by atoms with E-state index in [1.807, 2.05) is 6.92 Å². The summed E-state index contributed by atoms with van der Waals surface area (Å²) in [5.74, 6) is -0.206. The Morgan fingerprint density at radius 3 is 2.62 bits per heavy atom. The lowest BCUT2D eigenvalue weighted by molar-refractivity contribution is -0.142. The Bertz CT molecular complexity index is 799. The van der Waals surface area contributed by atoms with Gasteiger partial charge in [-0.3, -0.25) is 9.59 Å². The van der Waals surface area contributed by atoms with E-state index in [1.54, 1.807) is 0 Å². The highest BCUT2D eigenvalue weighted by atomic mass is 19.1. The van der Waals surface area contributed by atoms with Gasteiger partial charge < -0.3 is 10.2 Å². The Morgan fingerprint density at radius 2 is 1.97 bits per heavy atom. The Balaban J connectivity index is 1.71. The summed E-state index contributed by atoms with van der Waals surface area (Å²) >= 11 is 0. The van der Waals surface area contributed by atoms with Crippen LogP contribution < -0.4 is 0 Å². The monoisotopic (exact) mass is 404 g/mol. The molecule has 2 N–H and O–H groups in total. The minimum atomic E-state index is -0.927. The lowest BCUT2D eigenvalue weighted by Crippen LogP contribution is -2.54. The molecule has 0 radical (unpaired) electrons. The van der Waals surface area contributed by atoms with Crippen molar-refractivity contribution >= 4 is 11.8 Å². The standard InChI is InChI=1S/C24H33FO4/c1-13-8-19-17-5-4-14-9-16(26)10-15(11-21(28)29)24(14,3)18(17)6-7-23(19,2)22(13)20(27)12-25/h4,15-19,26H,5-12H2,1-3H3,(H,28,29)/t15?,16?,17-,18+,19+,23+,24-/m1/s1. The molecule has 0 aromatic heterocycles. The summed E-state index contributed by atoms with van der Waals surface area (Å²) in [6, 6.07) is 0. The highest BCUT2D eigenvalue weighted by Gasteiger charge is 2.60. The number of hydrogen-bond acceptors (Lipinski definition) is 3. The number of allylic oxidation sites excluding steroid dienone is 3. The van der Waals surface area contributed by atoms with Crippen LogP contribution in [0, 0.1) is 34.5 Å². The number of halogens is 1. The van der Waals surface area contributed by atoms with Crippen LogP contribution in [0.1, 0.15) is 65.7 Å². The Labute approximate surface area is 172 Å². The molecule has 29 heavy (non-hydrogen) atoms. The van der Waals surface area contributed by atoms with Gasteiger partial charge in [0.2, 0.25) is 0 Å². The topological polar surface area (TPSA) is 74.6 Å². The number of aliphatic hydroxyl groups excluding tert-OH is 1. The SMILES string of the molecule is CC1=C(C(=O)CF)[C@@]2(C)CC[C@H]3[C@@H](CC=C4CC(O)CC(CC(=O)O)[C@@]43C)[C@@H]2C1. The Kier molecular flexibility index (Phi) is 5.04. The largest absolute Gasteiger partial charge is 0.481 e. The fourth-order valence-electron chi connectivity index (χ4n) is 7.93. The number of hydrogen-bond donors (Lipinski definition) is 2. The van der Waals surface area contributed by atoms with Gasteiger partial charge >= 0.3 is 5.97 Å². The number of carboxylic acids is 1. The van der Waals surface area contributed by atoms with Crippen LogP contribution >= 0.6 is 0 Å². The predicted molar refractivity (Wildman–Crippen MR) is 108 cm³/mol. The van der Waals surface area contributed by atoms with Crippen molar-refractivity contribution in [1.29, 1.82) is 0 Å². The second-order valence-electron chi connectivity index (χ2n) is 10.4. The van der Waals surface area contributed by atoms with E-state index in [1.165, 1.54) is 5.57 Å². The third kappa shape index (κ3) is 2.95. The van der Waals surface area contributed by atoms with E-state index in [4.69, 9.17) is 0 Å². The van der Waals surface area contributed by atoms with Gasteiger partial charge in [0.25, 0.3) is 0 Å².